The van der Waals surface area contributed by atoms with Crippen LogP contribution in [0.1, 0.15) is 33.6 Å². The molecule has 0 atom stereocenters. The standard InChI is InChI=1S/C9H19NOS/c1-4-7-8-10(5-2)9(11)12-6-3/h4-8H2,1-3H3. The van der Waals surface area contributed by atoms with E-state index in [1.807, 2.05) is 18.7 Å². The molecule has 0 aliphatic rings. The third-order valence-electron chi connectivity index (χ3n) is 1.69. The number of hydrogen-bond acceptors (Lipinski definition) is 2. The molecule has 0 aliphatic carbocycles. The summed E-state index contributed by atoms with van der Waals surface area (Å²) in [6, 6.07) is 0. The number of nitrogens with zero attached hydrogens (tertiary/aromatic N) is 1. The minimum Gasteiger partial charge on any atom is -0.334 e. The Bertz CT molecular complexity index is 128. The predicted molar refractivity (Wildman–Crippen MR) is 55.7 cm³/mol. The average molecular weight is 189 g/mol. The minimum absolute atomic E-state index is 0.230. The molecule has 3 heteroatoms. The van der Waals surface area contributed by atoms with Gasteiger partial charge in [-0.3, -0.25) is 4.79 Å². The molecule has 0 spiro atoms. The second kappa shape index (κ2) is 7.47. The fourth-order valence-corrected chi connectivity index (χ4v) is 1.59. The Morgan fingerprint density at radius 2 is 2.00 bits per heavy atom. The summed E-state index contributed by atoms with van der Waals surface area (Å²) in [7, 11) is 0. The third-order valence-corrected chi connectivity index (χ3v) is 2.48. The highest BCUT2D eigenvalue weighted by atomic mass is 32.2. The molecule has 0 radical (unpaired) electrons. The van der Waals surface area contributed by atoms with E-state index in [1.54, 1.807) is 0 Å². The molecule has 0 aliphatic heterocycles. The van der Waals surface area contributed by atoms with Gasteiger partial charge in [-0.1, -0.05) is 32.0 Å². The van der Waals surface area contributed by atoms with Gasteiger partial charge in [0.05, 0.1) is 0 Å². The van der Waals surface area contributed by atoms with Crippen LogP contribution in [0.5, 0.6) is 0 Å². The van der Waals surface area contributed by atoms with Crippen molar-refractivity contribution in [3.05, 3.63) is 0 Å². The van der Waals surface area contributed by atoms with Crippen molar-refractivity contribution in [3.63, 3.8) is 0 Å². The molecule has 2 nitrogen and oxygen atoms in total. The molecule has 0 aromatic carbocycles. The SMILES string of the molecule is CCCCN(CC)C(=O)SCC. The van der Waals surface area contributed by atoms with Gasteiger partial charge in [0, 0.05) is 13.1 Å². The van der Waals surface area contributed by atoms with E-state index in [9.17, 15) is 4.79 Å². The van der Waals surface area contributed by atoms with Crippen molar-refractivity contribution in [1.29, 1.82) is 0 Å². The summed E-state index contributed by atoms with van der Waals surface area (Å²) in [5.41, 5.74) is 0. The summed E-state index contributed by atoms with van der Waals surface area (Å²) >= 11 is 1.40. The number of amides is 1. The van der Waals surface area contributed by atoms with Gasteiger partial charge in [-0.2, -0.15) is 0 Å². The van der Waals surface area contributed by atoms with Gasteiger partial charge in [-0.15, -0.1) is 0 Å². The first kappa shape index (κ1) is 11.8. The molecular formula is C9H19NOS. The van der Waals surface area contributed by atoms with Crippen LogP contribution >= 0.6 is 11.8 Å². The number of unbranched alkanes of at least 4 members (excludes halogenated alkanes) is 1. The van der Waals surface area contributed by atoms with E-state index in [4.69, 9.17) is 0 Å². The van der Waals surface area contributed by atoms with E-state index in [2.05, 4.69) is 6.92 Å². The second-order valence-corrected chi connectivity index (χ2v) is 3.85. The van der Waals surface area contributed by atoms with Crippen LogP contribution in [0, 0.1) is 0 Å². The number of carbonyl (C=O) groups is 1. The maximum Gasteiger partial charge on any atom is 0.281 e. The van der Waals surface area contributed by atoms with E-state index in [0.717, 1.165) is 31.7 Å². The molecule has 0 bridgehead atoms. The topological polar surface area (TPSA) is 20.3 Å². The zero-order valence-corrected chi connectivity index (χ0v) is 9.12. The molecule has 0 saturated carbocycles. The van der Waals surface area contributed by atoms with E-state index >= 15 is 0 Å². The summed E-state index contributed by atoms with van der Waals surface area (Å²) in [5.74, 6) is 0.876. The van der Waals surface area contributed by atoms with Crippen molar-refractivity contribution < 1.29 is 4.79 Å². The molecule has 1 amide bonds. The Balaban J connectivity index is 3.71. The first-order chi connectivity index (χ1) is 5.76. The highest BCUT2D eigenvalue weighted by Gasteiger charge is 2.09. The number of thioether (sulfide) groups is 1. The van der Waals surface area contributed by atoms with Gasteiger partial charge in [0.2, 0.25) is 0 Å². The largest absolute Gasteiger partial charge is 0.334 e. The van der Waals surface area contributed by atoms with E-state index in [-0.39, 0.29) is 5.24 Å². The summed E-state index contributed by atoms with van der Waals surface area (Å²) in [4.78, 5) is 13.3. The fraction of sp³-hybridized carbons (Fsp3) is 0.889. The molecule has 0 rings (SSSR count). The van der Waals surface area contributed by atoms with Crippen molar-refractivity contribution in [2.75, 3.05) is 18.8 Å². The Labute approximate surface area is 79.7 Å². The summed E-state index contributed by atoms with van der Waals surface area (Å²) in [5, 5.41) is 0.230. The Kier molecular flexibility index (Phi) is 7.36. The molecule has 0 saturated heterocycles. The van der Waals surface area contributed by atoms with Crippen LogP contribution in [-0.2, 0) is 0 Å². The van der Waals surface area contributed by atoms with Crippen molar-refractivity contribution in [2.45, 2.75) is 33.6 Å². The zero-order chi connectivity index (χ0) is 9.40. The summed E-state index contributed by atoms with van der Waals surface area (Å²) in [6.45, 7) is 7.94. The van der Waals surface area contributed by atoms with Gasteiger partial charge in [0.1, 0.15) is 0 Å². The number of hydrogen-bond donors (Lipinski definition) is 0. The zero-order valence-electron chi connectivity index (χ0n) is 8.30. The molecule has 0 fully saturated rings. The molecule has 0 heterocycles. The van der Waals surface area contributed by atoms with Gasteiger partial charge in [0.15, 0.2) is 0 Å². The molecular weight excluding hydrogens is 170 g/mol. The Morgan fingerprint density at radius 3 is 2.42 bits per heavy atom. The lowest BCUT2D eigenvalue weighted by Crippen LogP contribution is -2.28. The van der Waals surface area contributed by atoms with Gasteiger partial charge in [-0.05, 0) is 19.1 Å². The third kappa shape index (κ3) is 4.65. The lowest BCUT2D eigenvalue weighted by Gasteiger charge is -2.19. The fourth-order valence-electron chi connectivity index (χ4n) is 0.942. The highest BCUT2D eigenvalue weighted by Crippen LogP contribution is 2.08. The van der Waals surface area contributed by atoms with Gasteiger partial charge >= 0.3 is 0 Å². The van der Waals surface area contributed by atoms with Crippen LogP contribution in [0.25, 0.3) is 0 Å². The van der Waals surface area contributed by atoms with Crippen LogP contribution in [0.15, 0.2) is 0 Å². The maximum absolute atomic E-state index is 11.4. The molecule has 0 unspecified atom stereocenters. The normalized spacial score (nSPS) is 9.92. The summed E-state index contributed by atoms with van der Waals surface area (Å²) in [6.07, 6.45) is 2.27. The minimum atomic E-state index is 0.230. The van der Waals surface area contributed by atoms with Gasteiger partial charge < -0.3 is 4.90 Å². The van der Waals surface area contributed by atoms with E-state index in [1.165, 1.54) is 11.8 Å². The monoisotopic (exact) mass is 189 g/mol. The number of rotatable bonds is 5. The Morgan fingerprint density at radius 1 is 1.33 bits per heavy atom. The predicted octanol–water partition coefficient (Wildman–Crippen LogP) is 2.98. The first-order valence-electron chi connectivity index (χ1n) is 4.67. The number of carbonyl (C=O) groups excluding carboxylic acids is 1. The Hall–Kier alpha value is -0.180. The van der Waals surface area contributed by atoms with E-state index < -0.39 is 0 Å². The molecule has 0 N–H and O–H groups in total. The smallest absolute Gasteiger partial charge is 0.281 e. The van der Waals surface area contributed by atoms with Crippen LogP contribution < -0.4 is 0 Å². The van der Waals surface area contributed by atoms with Crippen molar-refractivity contribution in [3.8, 4) is 0 Å². The highest BCUT2D eigenvalue weighted by molar-refractivity contribution is 8.13. The quantitative estimate of drug-likeness (QED) is 0.662. The van der Waals surface area contributed by atoms with Crippen molar-refractivity contribution in [1.82, 2.24) is 4.90 Å². The molecule has 12 heavy (non-hydrogen) atoms. The first-order valence-corrected chi connectivity index (χ1v) is 5.66. The maximum atomic E-state index is 11.4. The van der Waals surface area contributed by atoms with Crippen LogP contribution in [0.2, 0.25) is 0 Å². The van der Waals surface area contributed by atoms with Crippen molar-refractivity contribution >= 4 is 17.0 Å². The van der Waals surface area contributed by atoms with E-state index in [0.29, 0.717) is 0 Å². The molecule has 0 aromatic heterocycles. The molecule has 0 aromatic rings. The second-order valence-electron chi connectivity index (χ2n) is 2.63. The average Bonchev–Trinajstić information content (AvgIpc) is 2.06. The van der Waals surface area contributed by atoms with Crippen LogP contribution in [-0.4, -0.2) is 29.0 Å². The van der Waals surface area contributed by atoms with Crippen LogP contribution in [0.3, 0.4) is 0 Å². The summed E-state index contributed by atoms with van der Waals surface area (Å²) < 4.78 is 0. The van der Waals surface area contributed by atoms with Gasteiger partial charge in [0.25, 0.3) is 5.24 Å². The van der Waals surface area contributed by atoms with Gasteiger partial charge in [-0.25, -0.2) is 0 Å². The molecule has 72 valence electrons. The lowest BCUT2D eigenvalue weighted by molar-refractivity contribution is 0.225. The van der Waals surface area contributed by atoms with Crippen molar-refractivity contribution in [2.24, 2.45) is 0 Å². The lowest BCUT2D eigenvalue weighted by atomic mass is 10.3. The van der Waals surface area contributed by atoms with Crippen LogP contribution in [0.4, 0.5) is 4.79 Å².